The summed E-state index contributed by atoms with van der Waals surface area (Å²) >= 11 is 1.70. The van der Waals surface area contributed by atoms with Crippen LogP contribution in [0.5, 0.6) is 0 Å². The second-order valence-corrected chi connectivity index (χ2v) is 6.85. The predicted octanol–water partition coefficient (Wildman–Crippen LogP) is 2.67. The second kappa shape index (κ2) is 7.15. The number of hydrogen-bond donors (Lipinski definition) is 1. The minimum atomic E-state index is -0.0210. The van der Waals surface area contributed by atoms with E-state index in [4.69, 9.17) is 0 Å². The Morgan fingerprint density at radius 1 is 1.41 bits per heavy atom. The molecule has 0 saturated carbocycles. The number of carbonyl (C=O) groups is 1. The summed E-state index contributed by atoms with van der Waals surface area (Å²) in [7, 11) is 0. The third-order valence-corrected chi connectivity index (χ3v) is 4.92. The van der Waals surface area contributed by atoms with Crippen LogP contribution in [0.25, 0.3) is 0 Å². The Hall–Kier alpha value is -1.53. The standard InChI is InChI=1S/C16H22N4OS/c1-2-22-15-6-5-13(11-17-15)18-16(21)20-10-7-14(12-20)19-8-3-4-9-19/h3-6,11,14H,2,7-10,12H2,1H3,(H,18,21). The maximum absolute atomic E-state index is 12.3. The van der Waals surface area contributed by atoms with Crippen LogP contribution in [0.15, 0.2) is 35.5 Å². The fourth-order valence-electron chi connectivity index (χ4n) is 2.91. The van der Waals surface area contributed by atoms with Gasteiger partial charge in [-0.25, -0.2) is 9.78 Å². The molecule has 1 N–H and O–H groups in total. The number of thioether (sulfide) groups is 1. The van der Waals surface area contributed by atoms with Gasteiger partial charge in [-0.3, -0.25) is 4.90 Å². The Kier molecular flexibility index (Phi) is 5.00. The monoisotopic (exact) mass is 318 g/mol. The largest absolute Gasteiger partial charge is 0.323 e. The van der Waals surface area contributed by atoms with Crippen molar-refractivity contribution in [1.29, 1.82) is 0 Å². The van der Waals surface area contributed by atoms with Gasteiger partial charge in [-0.2, -0.15) is 0 Å². The molecule has 6 heteroatoms. The third kappa shape index (κ3) is 3.62. The van der Waals surface area contributed by atoms with Crippen LogP contribution in [0.3, 0.4) is 0 Å². The number of hydrogen-bond acceptors (Lipinski definition) is 4. The van der Waals surface area contributed by atoms with Crippen LogP contribution in [-0.2, 0) is 0 Å². The van der Waals surface area contributed by atoms with Gasteiger partial charge in [0.25, 0.3) is 0 Å². The lowest BCUT2D eigenvalue weighted by Crippen LogP contribution is -2.38. The van der Waals surface area contributed by atoms with E-state index < -0.39 is 0 Å². The summed E-state index contributed by atoms with van der Waals surface area (Å²) in [6, 6.07) is 4.34. The fraction of sp³-hybridized carbons (Fsp3) is 0.500. The van der Waals surface area contributed by atoms with Crippen molar-refractivity contribution >= 4 is 23.5 Å². The molecule has 2 aliphatic heterocycles. The highest BCUT2D eigenvalue weighted by molar-refractivity contribution is 7.99. The molecule has 1 aromatic rings. The molecule has 0 radical (unpaired) electrons. The third-order valence-electron chi connectivity index (χ3n) is 4.09. The molecule has 0 aromatic carbocycles. The summed E-state index contributed by atoms with van der Waals surface area (Å²) in [5.74, 6) is 0.999. The Balaban J connectivity index is 1.51. The lowest BCUT2D eigenvalue weighted by Gasteiger charge is -2.23. The molecule has 22 heavy (non-hydrogen) atoms. The normalized spacial score (nSPS) is 21.5. The number of rotatable bonds is 4. The molecule has 5 nitrogen and oxygen atoms in total. The van der Waals surface area contributed by atoms with Crippen LogP contribution in [0.2, 0.25) is 0 Å². The highest BCUT2D eigenvalue weighted by atomic mass is 32.2. The van der Waals surface area contributed by atoms with Crippen molar-refractivity contribution in [2.45, 2.75) is 24.4 Å². The minimum absolute atomic E-state index is 0.0210. The predicted molar refractivity (Wildman–Crippen MR) is 90.3 cm³/mol. The van der Waals surface area contributed by atoms with E-state index in [1.807, 2.05) is 17.0 Å². The minimum Gasteiger partial charge on any atom is -0.323 e. The quantitative estimate of drug-likeness (QED) is 0.685. The first-order valence-electron chi connectivity index (χ1n) is 7.80. The molecule has 1 unspecified atom stereocenters. The zero-order valence-electron chi connectivity index (χ0n) is 12.9. The van der Waals surface area contributed by atoms with E-state index in [9.17, 15) is 4.79 Å². The molecule has 1 aromatic heterocycles. The van der Waals surface area contributed by atoms with Gasteiger partial charge in [0.05, 0.1) is 16.9 Å². The molecule has 0 aliphatic carbocycles. The van der Waals surface area contributed by atoms with Gasteiger partial charge in [-0.15, -0.1) is 11.8 Å². The maximum Gasteiger partial charge on any atom is 0.321 e. The van der Waals surface area contributed by atoms with E-state index >= 15 is 0 Å². The average molecular weight is 318 g/mol. The second-order valence-electron chi connectivity index (χ2n) is 5.56. The van der Waals surface area contributed by atoms with Gasteiger partial charge >= 0.3 is 6.03 Å². The number of likely N-dealkylation sites (tertiary alicyclic amines) is 1. The average Bonchev–Trinajstić information content (AvgIpc) is 3.20. The number of carbonyl (C=O) groups excluding carboxylic acids is 1. The molecular weight excluding hydrogens is 296 g/mol. The first kappa shape index (κ1) is 15.4. The molecule has 1 saturated heterocycles. The van der Waals surface area contributed by atoms with E-state index in [1.165, 1.54) is 0 Å². The SMILES string of the molecule is CCSc1ccc(NC(=O)N2CCC(N3CC=CC3)C2)cn1. The summed E-state index contributed by atoms with van der Waals surface area (Å²) < 4.78 is 0. The van der Waals surface area contributed by atoms with Crippen molar-refractivity contribution < 1.29 is 4.79 Å². The molecule has 3 heterocycles. The van der Waals surface area contributed by atoms with Crippen LogP contribution < -0.4 is 5.32 Å². The van der Waals surface area contributed by atoms with Gasteiger partial charge in [-0.05, 0) is 24.3 Å². The Morgan fingerprint density at radius 3 is 2.91 bits per heavy atom. The molecule has 3 rings (SSSR count). The van der Waals surface area contributed by atoms with Crippen molar-refractivity contribution in [2.75, 3.05) is 37.2 Å². The van der Waals surface area contributed by atoms with E-state index in [2.05, 4.69) is 34.3 Å². The van der Waals surface area contributed by atoms with Gasteiger partial charge in [-0.1, -0.05) is 19.1 Å². The maximum atomic E-state index is 12.3. The van der Waals surface area contributed by atoms with Crippen LogP contribution >= 0.6 is 11.8 Å². The van der Waals surface area contributed by atoms with Crippen LogP contribution in [0.1, 0.15) is 13.3 Å². The summed E-state index contributed by atoms with van der Waals surface area (Å²) in [5, 5.41) is 3.93. The summed E-state index contributed by atoms with van der Waals surface area (Å²) in [6.07, 6.45) is 7.18. The molecule has 0 bridgehead atoms. The van der Waals surface area contributed by atoms with Gasteiger partial charge in [0.15, 0.2) is 0 Å². The summed E-state index contributed by atoms with van der Waals surface area (Å²) in [4.78, 5) is 21.0. The Bertz CT molecular complexity index is 538. The lowest BCUT2D eigenvalue weighted by atomic mass is 10.2. The fourth-order valence-corrected chi connectivity index (χ4v) is 3.49. The molecule has 1 atom stereocenters. The summed E-state index contributed by atoms with van der Waals surface area (Å²) in [6.45, 7) is 5.76. The number of aromatic nitrogens is 1. The highest BCUT2D eigenvalue weighted by Crippen LogP contribution is 2.20. The Labute approximate surface area is 135 Å². The number of nitrogens with one attached hydrogen (secondary N) is 1. The van der Waals surface area contributed by atoms with Crippen LogP contribution in [0.4, 0.5) is 10.5 Å². The molecule has 0 spiro atoms. The van der Waals surface area contributed by atoms with Gasteiger partial charge in [0, 0.05) is 32.2 Å². The molecule has 1 fully saturated rings. The number of urea groups is 1. The van der Waals surface area contributed by atoms with Crippen LogP contribution in [0, 0.1) is 0 Å². The molecule has 2 aliphatic rings. The number of anilines is 1. The lowest BCUT2D eigenvalue weighted by molar-refractivity contribution is 0.212. The van der Waals surface area contributed by atoms with E-state index in [1.54, 1.807) is 18.0 Å². The van der Waals surface area contributed by atoms with E-state index in [-0.39, 0.29) is 6.03 Å². The van der Waals surface area contributed by atoms with Crippen molar-refractivity contribution in [3.05, 3.63) is 30.5 Å². The first-order chi connectivity index (χ1) is 10.8. The van der Waals surface area contributed by atoms with Crippen molar-refractivity contribution in [1.82, 2.24) is 14.8 Å². The molecule has 118 valence electrons. The van der Waals surface area contributed by atoms with Crippen molar-refractivity contribution in [2.24, 2.45) is 0 Å². The molecule has 2 amide bonds. The van der Waals surface area contributed by atoms with Crippen molar-refractivity contribution in [3.63, 3.8) is 0 Å². The Morgan fingerprint density at radius 2 is 2.23 bits per heavy atom. The van der Waals surface area contributed by atoms with Gasteiger partial charge in [0.1, 0.15) is 0 Å². The first-order valence-corrected chi connectivity index (χ1v) is 8.78. The van der Waals surface area contributed by atoms with E-state index in [0.29, 0.717) is 6.04 Å². The molecular formula is C16H22N4OS. The highest BCUT2D eigenvalue weighted by Gasteiger charge is 2.30. The number of pyridine rings is 1. The van der Waals surface area contributed by atoms with Gasteiger partial charge in [0.2, 0.25) is 0 Å². The number of nitrogens with zero attached hydrogens (tertiary/aromatic N) is 3. The zero-order valence-corrected chi connectivity index (χ0v) is 13.7. The van der Waals surface area contributed by atoms with Crippen molar-refractivity contribution in [3.8, 4) is 0 Å². The topological polar surface area (TPSA) is 48.5 Å². The number of amides is 2. The zero-order chi connectivity index (χ0) is 15.4. The summed E-state index contributed by atoms with van der Waals surface area (Å²) in [5.41, 5.74) is 0.761. The smallest absolute Gasteiger partial charge is 0.321 e. The van der Waals surface area contributed by atoms with Gasteiger partial charge < -0.3 is 10.2 Å². The van der Waals surface area contributed by atoms with Crippen LogP contribution in [-0.4, -0.2) is 58.8 Å². The van der Waals surface area contributed by atoms with E-state index in [0.717, 1.165) is 49.1 Å².